The van der Waals surface area contributed by atoms with Gasteiger partial charge >= 0.3 is 0 Å². The third-order valence-electron chi connectivity index (χ3n) is 7.43. The summed E-state index contributed by atoms with van der Waals surface area (Å²) in [6, 6.07) is 21.7. The molecule has 43 heavy (non-hydrogen) atoms. The number of nitriles is 1. The van der Waals surface area contributed by atoms with Crippen LogP contribution in [0.2, 0.25) is 0 Å². The maximum atomic E-state index is 14.1. The van der Waals surface area contributed by atoms with Crippen molar-refractivity contribution >= 4 is 32.6 Å². The highest BCUT2D eigenvalue weighted by atomic mass is 32.2. The van der Waals surface area contributed by atoms with Crippen molar-refractivity contribution in [3.63, 3.8) is 0 Å². The van der Waals surface area contributed by atoms with Crippen LogP contribution in [0.5, 0.6) is 5.75 Å². The summed E-state index contributed by atoms with van der Waals surface area (Å²) >= 11 is 0. The smallest absolute Gasteiger partial charge is 0.244 e. The average molecular weight is 598 g/mol. The van der Waals surface area contributed by atoms with Gasteiger partial charge < -0.3 is 15.0 Å². The lowest BCUT2D eigenvalue weighted by Gasteiger charge is -2.27. The van der Waals surface area contributed by atoms with Crippen LogP contribution in [0.3, 0.4) is 0 Å². The topological polar surface area (TPSA) is 133 Å². The highest BCUT2D eigenvalue weighted by Gasteiger charge is 2.43. The van der Waals surface area contributed by atoms with Crippen molar-refractivity contribution in [1.82, 2.24) is 19.5 Å². The molecule has 0 bridgehead atoms. The SMILES string of the molecule is COc1ccc2ccc(S(=O)(=O)N(CC(=O)NCCc3cccnc3)[C@H]3CCN(Cc4cccc(C#N)c4)C3=O)cc2c1. The van der Waals surface area contributed by atoms with E-state index in [1.807, 2.05) is 18.2 Å². The first kappa shape index (κ1) is 29.7. The Morgan fingerprint density at radius 2 is 1.91 bits per heavy atom. The van der Waals surface area contributed by atoms with Crippen molar-refractivity contribution in [2.75, 3.05) is 26.7 Å². The van der Waals surface area contributed by atoms with Crippen molar-refractivity contribution < 1.29 is 22.7 Å². The minimum absolute atomic E-state index is 0.0237. The van der Waals surface area contributed by atoms with Crippen molar-refractivity contribution in [3.05, 3.63) is 102 Å². The largest absolute Gasteiger partial charge is 0.497 e. The fraction of sp³-hybridized carbons (Fsp3) is 0.250. The number of pyridine rings is 1. The maximum Gasteiger partial charge on any atom is 0.244 e. The van der Waals surface area contributed by atoms with Crippen molar-refractivity contribution in [3.8, 4) is 11.8 Å². The minimum Gasteiger partial charge on any atom is -0.497 e. The normalized spacial score (nSPS) is 15.0. The molecule has 1 aliphatic heterocycles. The molecule has 10 nitrogen and oxygen atoms in total. The summed E-state index contributed by atoms with van der Waals surface area (Å²) < 4.78 is 34.6. The molecular weight excluding hydrogens is 566 g/mol. The Balaban J connectivity index is 1.40. The predicted molar refractivity (Wildman–Crippen MR) is 160 cm³/mol. The van der Waals surface area contributed by atoms with Gasteiger partial charge in [0.25, 0.3) is 0 Å². The van der Waals surface area contributed by atoms with Gasteiger partial charge in [0.15, 0.2) is 0 Å². The summed E-state index contributed by atoms with van der Waals surface area (Å²) in [5, 5.41) is 13.5. The quantitative estimate of drug-likeness (QED) is 0.281. The number of fused-ring (bicyclic) bond motifs is 1. The Labute approximate surface area is 250 Å². The van der Waals surface area contributed by atoms with Crippen LogP contribution in [0, 0.1) is 11.3 Å². The minimum atomic E-state index is -4.28. The zero-order valence-electron chi connectivity index (χ0n) is 23.6. The van der Waals surface area contributed by atoms with E-state index in [9.17, 15) is 23.3 Å². The van der Waals surface area contributed by atoms with Crippen molar-refractivity contribution in [2.45, 2.75) is 30.3 Å². The molecule has 0 aliphatic carbocycles. The fourth-order valence-electron chi connectivity index (χ4n) is 5.18. The summed E-state index contributed by atoms with van der Waals surface area (Å²) in [4.78, 5) is 32.4. The van der Waals surface area contributed by atoms with Crippen molar-refractivity contribution in [2.24, 2.45) is 0 Å². The van der Waals surface area contributed by atoms with E-state index in [2.05, 4.69) is 16.4 Å². The number of nitrogens with zero attached hydrogens (tertiary/aromatic N) is 4. The zero-order valence-corrected chi connectivity index (χ0v) is 24.5. The molecule has 0 saturated carbocycles. The lowest BCUT2D eigenvalue weighted by atomic mass is 10.1. The van der Waals surface area contributed by atoms with Crippen LogP contribution in [-0.4, -0.2) is 67.2 Å². The van der Waals surface area contributed by atoms with Crippen molar-refractivity contribution in [1.29, 1.82) is 5.26 Å². The van der Waals surface area contributed by atoms with Gasteiger partial charge in [-0.3, -0.25) is 14.6 Å². The number of carbonyl (C=O) groups is 2. The molecule has 3 aromatic carbocycles. The van der Waals surface area contributed by atoms with Gasteiger partial charge in [0.05, 0.1) is 30.2 Å². The van der Waals surface area contributed by atoms with Crippen LogP contribution in [0.25, 0.3) is 10.8 Å². The van der Waals surface area contributed by atoms with Gasteiger partial charge in [0.2, 0.25) is 21.8 Å². The second-order valence-electron chi connectivity index (χ2n) is 10.3. The number of hydrogen-bond donors (Lipinski definition) is 1. The number of sulfonamides is 1. The number of aromatic nitrogens is 1. The first-order chi connectivity index (χ1) is 20.8. The summed E-state index contributed by atoms with van der Waals surface area (Å²) in [6.45, 7) is 0.309. The highest BCUT2D eigenvalue weighted by Crippen LogP contribution is 2.29. The highest BCUT2D eigenvalue weighted by molar-refractivity contribution is 7.89. The third kappa shape index (κ3) is 6.83. The molecule has 0 spiro atoms. The number of hydrogen-bond acceptors (Lipinski definition) is 7. The van der Waals surface area contributed by atoms with Gasteiger partial charge in [0, 0.05) is 32.0 Å². The number of carbonyl (C=O) groups excluding carboxylic acids is 2. The molecule has 5 rings (SSSR count). The van der Waals surface area contributed by atoms with Gasteiger partial charge in [-0.05, 0) is 77.2 Å². The predicted octanol–water partition coefficient (Wildman–Crippen LogP) is 3.27. The molecular formula is C32H31N5O5S. The average Bonchev–Trinajstić information content (AvgIpc) is 3.38. The second kappa shape index (κ2) is 13.0. The van der Waals surface area contributed by atoms with E-state index >= 15 is 0 Å². The van der Waals surface area contributed by atoms with Gasteiger partial charge in [0.1, 0.15) is 11.8 Å². The number of methoxy groups -OCH3 is 1. The molecule has 0 unspecified atom stereocenters. The van der Waals surface area contributed by atoms with Crippen LogP contribution in [0.15, 0.2) is 90.1 Å². The number of benzene rings is 3. The first-order valence-electron chi connectivity index (χ1n) is 13.8. The summed E-state index contributed by atoms with van der Waals surface area (Å²) in [5.41, 5.74) is 2.17. The van der Waals surface area contributed by atoms with Crippen LogP contribution in [0.4, 0.5) is 0 Å². The van der Waals surface area contributed by atoms with Crippen LogP contribution >= 0.6 is 0 Å². The molecule has 1 N–H and O–H groups in total. The van der Waals surface area contributed by atoms with Crippen LogP contribution < -0.4 is 10.1 Å². The van der Waals surface area contributed by atoms with Gasteiger partial charge in [-0.2, -0.15) is 9.57 Å². The Kier molecular flexibility index (Phi) is 8.99. The second-order valence-corrected chi connectivity index (χ2v) is 12.2. The monoisotopic (exact) mass is 597 g/mol. The number of likely N-dealkylation sites (tertiary alicyclic amines) is 1. The Bertz CT molecular complexity index is 1790. The first-order valence-corrected chi connectivity index (χ1v) is 15.3. The Hall–Kier alpha value is -4.79. The standard InChI is InChI=1S/C32H31N5O5S/c1-42-28-9-7-26-8-10-29(18-27(26)17-28)43(40,41)37(22-31(38)35-14-11-23-6-3-13-34-20-23)30-12-15-36(32(30)39)21-25-5-2-4-24(16-25)19-33/h2-10,13,16-18,20,30H,11-12,14-15,21-22H2,1H3,(H,35,38)/t30-/m0/s1. The van der Waals surface area contributed by atoms with Gasteiger partial charge in [-0.15, -0.1) is 0 Å². The van der Waals surface area contributed by atoms with E-state index in [0.29, 0.717) is 29.7 Å². The molecule has 2 heterocycles. The molecule has 11 heteroatoms. The number of nitrogens with one attached hydrogen (secondary N) is 1. The Morgan fingerprint density at radius 3 is 2.67 bits per heavy atom. The fourth-order valence-corrected chi connectivity index (χ4v) is 6.79. The molecule has 2 amide bonds. The van der Waals surface area contributed by atoms with E-state index in [1.165, 1.54) is 19.2 Å². The zero-order chi connectivity index (χ0) is 30.4. The summed E-state index contributed by atoms with van der Waals surface area (Å²) in [6.07, 6.45) is 4.11. The van der Waals surface area contributed by atoms with Crippen LogP contribution in [-0.2, 0) is 32.6 Å². The van der Waals surface area contributed by atoms with E-state index < -0.39 is 34.4 Å². The third-order valence-corrected chi connectivity index (χ3v) is 9.28. The lowest BCUT2D eigenvalue weighted by Crippen LogP contribution is -2.49. The molecule has 4 aromatic rings. The maximum absolute atomic E-state index is 14.1. The van der Waals surface area contributed by atoms with E-state index in [-0.39, 0.29) is 24.4 Å². The molecule has 1 aliphatic rings. The van der Waals surface area contributed by atoms with E-state index in [0.717, 1.165) is 20.8 Å². The van der Waals surface area contributed by atoms with E-state index in [4.69, 9.17) is 4.74 Å². The molecule has 1 aromatic heterocycles. The molecule has 220 valence electrons. The number of rotatable bonds is 11. The summed E-state index contributed by atoms with van der Waals surface area (Å²) in [7, 11) is -2.74. The number of ether oxygens (including phenoxy) is 1. The van der Waals surface area contributed by atoms with E-state index in [1.54, 1.807) is 59.8 Å². The molecule has 1 atom stereocenters. The van der Waals surface area contributed by atoms with Crippen LogP contribution in [0.1, 0.15) is 23.1 Å². The number of amides is 2. The molecule has 1 saturated heterocycles. The van der Waals surface area contributed by atoms with Gasteiger partial charge in [-0.1, -0.05) is 30.3 Å². The molecule has 1 fully saturated rings. The Morgan fingerprint density at radius 1 is 1.09 bits per heavy atom. The summed E-state index contributed by atoms with van der Waals surface area (Å²) in [5.74, 6) is -0.326. The molecule has 0 radical (unpaired) electrons. The lowest BCUT2D eigenvalue weighted by molar-refractivity contribution is -0.131. The van der Waals surface area contributed by atoms with Gasteiger partial charge in [-0.25, -0.2) is 8.42 Å².